The van der Waals surface area contributed by atoms with Crippen LogP contribution in [0, 0.1) is 0 Å². The quantitative estimate of drug-likeness (QED) is 0.834. The van der Waals surface area contributed by atoms with E-state index < -0.39 is 0 Å². The summed E-state index contributed by atoms with van der Waals surface area (Å²) in [5, 5.41) is 2.25. The first-order valence-electron chi connectivity index (χ1n) is 6.70. The molecule has 1 aromatic heterocycles. The molecule has 0 saturated carbocycles. The number of aromatic nitrogens is 1. The molecule has 1 unspecified atom stereocenters. The predicted octanol–water partition coefficient (Wildman–Crippen LogP) is 1.96. The molecular weight excluding hydrogens is 236 g/mol. The number of likely N-dealkylation sites (N-methyl/N-ethyl adjacent to an activating group) is 1. The average molecular weight is 256 g/mol. The SMILES string of the molecule is CN(C)C1CCN(c2ccc(N)c3ccncc23)C1. The number of anilines is 2. The van der Waals surface area contributed by atoms with Crippen LogP contribution in [0.2, 0.25) is 0 Å². The number of pyridine rings is 1. The van der Waals surface area contributed by atoms with Gasteiger partial charge in [-0.05, 0) is 38.7 Å². The lowest BCUT2D eigenvalue weighted by Gasteiger charge is -2.23. The molecule has 3 rings (SSSR count). The van der Waals surface area contributed by atoms with Crippen molar-refractivity contribution in [3.8, 4) is 0 Å². The number of benzene rings is 1. The van der Waals surface area contributed by atoms with Gasteiger partial charge in [-0.2, -0.15) is 0 Å². The highest BCUT2D eigenvalue weighted by molar-refractivity contribution is 6.00. The van der Waals surface area contributed by atoms with E-state index in [0.29, 0.717) is 6.04 Å². The minimum Gasteiger partial charge on any atom is -0.398 e. The van der Waals surface area contributed by atoms with E-state index in [2.05, 4.69) is 34.9 Å². The first-order valence-corrected chi connectivity index (χ1v) is 6.70. The van der Waals surface area contributed by atoms with Gasteiger partial charge in [-0.25, -0.2) is 0 Å². The van der Waals surface area contributed by atoms with Gasteiger partial charge in [0, 0.05) is 53.7 Å². The van der Waals surface area contributed by atoms with E-state index in [4.69, 9.17) is 5.73 Å². The summed E-state index contributed by atoms with van der Waals surface area (Å²) in [6.07, 6.45) is 4.93. The summed E-state index contributed by atoms with van der Waals surface area (Å²) in [6.45, 7) is 2.16. The normalized spacial score (nSPS) is 19.5. The Morgan fingerprint density at radius 1 is 1.26 bits per heavy atom. The first-order chi connectivity index (χ1) is 9.16. The highest BCUT2D eigenvalue weighted by atomic mass is 15.2. The molecule has 1 fully saturated rings. The molecule has 1 aliphatic rings. The van der Waals surface area contributed by atoms with E-state index in [1.165, 1.54) is 12.1 Å². The molecule has 2 aromatic rings. The van der Waals surface area contributed by atoms with Crippen molar-refractivity contribution in [1.82, 2.24) is 9.88 Å². The van der Waals surface area contributed by atoms with Gasteiger partial charge in [-0.3, -0.25) is 4.98 Å². The monoisotopic (exact) mass is 256 g/mol. The van der Waals surface area contributed by atoms with Crippen molar-refractivity contribution in [3.63, 3.8) is 0 Å². The number of nitrogen functional groups attached to an aromatic ring is 1. The summed E-state index contributed by atoms with van der Waals surface area (Å²) in [5.74, 6) is 0. The van der Waals surface area contributed by atoms with Crippen LogP contribution in [0.5, 0.6) is 0 Å². The van der Waals surface area contributed by atoms with Gasteiger partial charge in [-0.1, -0.05) is 0 Å². The second kappa shape index (κ2) is 4.70. The number of rotatable bonds is 2. The summed E-state index contributed by atoms with van der Waals surface area (Å²) in [5.41, 5.74) is 8.12. The van der Waals surface area contributed by atoms with Crippen LogP contribution in [0.25, 0.3) is 10.8 Å². The highest BCUT2D eigenvalue weighted by Gasteiger charge is 2.25. The maximum absolute atomic E-state index is 6.04. The zero-order valence-electron chi connectivity index (χ0n) is 11.5. The Kier molecular flexibility index (Phi) is 3.03. The van der Waals surface area contributed by atoms with Crippen LogP contribution in [0.1, 0.15) is 6.42 Å². The Balaban J connectivity index is 2.00. The molecular formula is C15H20N4. The Labute approximate surface area is 113 Å². The van der Waals surface area contributed by atoms with Gasteiger partial charge in [0.15, 0.2) is 0 Å². The van der Waals surface area contributed by atoms with Gasteiger partial charge >= 0.3 is 0 Å². The Morgan fingerprint density at radius 3 is 2.84 bits per heavy atom. The predicted molar refractivity (Wildman–Crippen MR) is 80.5 cm³/mol. The molecule has 2 N–H and O–H groups in total. The molecule has 4 heteroatoms. The van der Waals surface area contributed by atoms with Gasteiger partial charge < -0.3 is 15.5 Å². The standard InChI is InChI=1S/C15H20N4/c1-18(2)11-6-8-19(10-11)15-4-3-14(16)12-5-7-17-9-13(12)15/h3-5,7,9,11H,6,8,10,16H2,1-2H3. The second-order valence-corrected chi connectivity index (χ2v) is 5.45. The summed E-state index contributed by atoms with van der Waals surface area (Å²) in [6, 6.07) is 6.75. The maximum atomic E-state index is 6.04. The van der Waals surface area contributed by atoms with Gasteiger partial charge in [-0.15, -0.1) is 0 Å². The molecule has 0 spiro atoms. The number of fused-ring (bicyclic) bond motifs is 1. The van der Waals surface area contributed by atoms with E-state index in [1.807, 2.05) is 18.3 Å². The molecule has 0 radical (unpaired) electrons. The molecule has 2 heterocycles. The van der Waals surface area contributed by atoms with Crippen LogP contribution in [0.4, 0.5) is 11.4 Å². The van der Waals surface area contributed by atoms with Crippen molar-refractivity contribution in [2.75, 3.05) is 37.8 Å². The van der Waals surface area contributed by atoms with Gasteiger partial charge in [0.2, 0.25) is 0 Å². The molecule has 4 nitrogen and oxygen atoms in total. The lowest BCUT2D eigenvalue weighted by atomic mass is 10.1. The van der Waals surface area contributed by atoms with E-state index >= 15 is 0 Å². The molecule has 0 aliphatic carbocycles. The second-order valence-electron chi connectivity index (χ2n) is 5.45. The van der Waals surface area contributed by atoms with Crippen LogP contribution < -0.4 is 10.6 Å². The van der Waals surface area contributed by atoms with Crippen molar-refractivity contribution >= 4 is 22.1 Å². The maximum Gasteiger partial charge on any atom is 0.0463 e. The highest BCUT2D eigenvalue weighted by Crippen LogP contribution is 2.32. The first kappa shape index (κ1) is 12.2. The van der Waals surface area contributed by atoms with Gasteiger partial charge in [0.1, 0.15) is 0 Å². The number of nitrogens with zero attached hydrogens (tertiary/aromatic N) is 3. The Morgan fingerprint density at radius 2 is 2.11 bits per heavy atom. The van der Waals surface area contributed by atoms with Crippen LogP contribution in [0.3, 0.4) is 0 Å². The summed E-state index contributed by atoms with van der Waals surface area (Å²) >= 11 is 0. The molecule has 1 aliphatic heterocycles. The minimum atomic E-state index is 0.629. The minimum absolute atomic E-state index is 0.629. The third-order valence-electron chi connectivity index (χ3n) is 4.06. The Hall–Kier alpha value is -1.81. The zero-order valence-corrected chi connectivity index (χ0v) is 11.5. The van der Waals surface area contributed by atoms with Crippen LogP contribution in [0.15, 0.2) is 30.6 Å². The smallest absolute Gasteiger partial charge is 0.0463 e. The number of hydrogen-bond acceptors (Lipinski definition) is 4. The molecule has 1 atom stereocenters. The van der Waals surface area contributed by atoms with Crippen molar-refractivity contribution in [2.45, 2.75) is 12.5 Å². The fourth-order valence-corrected chi connectivity index (χ4v) is 2.86. The lowest BCUT2D eigenvalue weighted by Crippen LogP contribution is -2.31. The largest absolute Gasteiger partial charge is 0.398 e. The van der Waals surface area contributed by atoms with Crippen LogP contribution in [-0.4, -0.2) is 43.1 Å². The molecule has 1 saturated heterocycles. The van der Waals surface area contributed by atoms with Crippen molar-refractivity contribution < 1.29 is 0 Å². The molecule has 1 aromatic carbocycles. The lowest BCUT2D eigenvalue weighted by molar-refractivity contribution is 0.315. The van der Waals surface area contributed by atoms with Crippen molar-refractivity contribution in [1.29, 1.82) is 0 Å². The molecule has 100 valence electrons. The summed E-state index contributed by atoms with van der Waals surface area (Å²) in [4.78, 5) is 8.99. The average Bonchev–Trinajstić information content (AvgIpc) is 2.89. The van der Waals surface area contributed by atoms with Crippen molar-refractivity contribution in [2.24, 2.45) is 0 Å². The fourth-order valence-electron chi connectivity index (χ4n) is 2.86. The van der Waals surface area contributed by atoms with Crippen LogP contribution in [-0.2, 0) is 0 Å². The third kappa shape index (κ3) is 2.12. The topological polar surface area (TPSA) is 45.4 Å². The van der Waals surface area contributed by atoms with E-state index in [0.717, 1.165) is 29.5 Å². The van der Waals surface area contributed by atoms with Gasteiger partial charge in [0.05, 0.1) is 0 Å². The summed E-state index contributed by atoms with van der Waals surface area (Å²) in [7, 11) is 4.30. The molecule has 0 amide bonds. The summed E-state index contributed by atoms with van der Waals surface area (Å²) < 4.78 is 0. The Bertz CT molecular complexity index is 594. The molecule has 0 bridgehead atoms. The number of hydrogen-bond donors (Lipinski definition) is 1. The van der Waals surface area contributed by atoms with Crippen LogP contribution >= 0.6 is 0 Å². The number of nitrogens with two attached hydrogens (primary N) is 1. The van der Waals surface area contributed by atoms with E-state index in [9.17, 15) is 0 Å². The van der Waals surface area contributed by atoms with E-state index in [1.54, 1.807) is 6.20 Å². The zero-order chi connectivity index (χ0) is 13.4. The van der Waals surface area contributed by atoms with Gasteiger partial charge in [0.25, 0.3) is 0 Å². The third-order valence-corrected chi connectivity index (χ3v) is 4.06. The van der Waals surface area contributed by atoms with Crippen molar-refractivity contribution in [3.05, 3.63) is 30.6 Å². The van der Waals surface area contributed by atoms with E-state index in [-0.39, 0.29) is 0 Å². The molecule has 19 heavy (non-hydrogen) atoms. The fraction of sp³-hybridized carbons (Fsp3) is 0.400.